The monoisotopic (exact) mass is 266 g/mol. The van der Waals surface area contributed by atoms with Crippen molar-refractivity contribution in [2.24, 2.45) is 0 Å². The molecule has 2 unspecified atom stereocenters. The molecule has 2 aliphatic rings. The lowest BCUT2D eigenvalue weighted by Crippen LogP contribution is -2.45. The highest BCUT2D eigenvalue weighted by molar-refractivity contribution is 8.46. The van der Waals surface area contributed by atoms with Crippen LogP contribution in [0.3, 0.4) is 0 Å². The second kappa shape index (κ2) is 4.30. The van der Waals surface area contributed by atoms with E-state index in [1.807, 2.05) is 7.85 Å². The summed E-state index contributed by atoms with van der Waals surface area (Å²) in [6.45, 7) is -0.614. The maximum absolute atomic E-state index is 11.6. The number of rotatable bonds is 4. The average Bonchev–Trinajstić information content (AvgIpc) is 2.54. The van der Waals surface area contributed by atoms with E-state index in [0.717, 1.165) is 0 Å². The van der Waals surface area contributed by atoms with Crippen molar-refractivity contribution in [3.63, 3.8) is 0 Å². The summed E-state index contributed by atoms with van der Waals surface area (Å²) >= 11 is 3.96. The number of thiol groups is 1. The molecular weight excluding hydrogens is 250 g/mol. The molecule has 2 saturated heterocycles. The van der Waals surface area contributed by atoms with Gasteiger partial charge in [0.25, 0.3) is 6.57 Å². The van der Waals surface area contributed by atoms with Crippen LogP contribution in [0, 0.1) is 0 Å². The first kappa shape index (κ1) is 12.9. The molecule has 16 heavy (non-hydrogen) atoms. The van der Waals surface area contributed by atoms with Gasteiger partial charge in [-0.3, -0.25) is 4.57 Å². The van der Waals surface area contributed by atoms with Crippen LogP contribution >= 0.6 is 18.8 Å². The van der Waals surface area contributed by atoms with E-state index in [-0.39, 0.29) is 18.2 Å². The second-order valence-electron chi connectivity index (χ2n) is 4.43. The van der Waals surface area contributed by atoms with Gasteiger partial charge in [0, 0.05) is 13.8 Å². The highest BCUT2D eigenvalue weighted by Crippen LogP contribution is 2.54. The van der Waals surface area contributed by atoms with Crippen molar-refractivity contribution in [2.75, 3.05) is 27.0 Å². The zero-order valence-corrected chi connectivity index (χ0v) is 11.4. The van der Waals surface area contributed by atoms with Crippen LogP contribution in [-0.2, 0) is 23.3 Å². The lowest BCUT2D eigenvalue weighted by Gasteiger charge is -2.30. The van der Waals surface area contributed by atoms with Crippen molar-refractivity contribution < 1.29 is 23.3 Å². The Kier molecular flexibility index (Phi) is 3.48. The van der Waals surface area contributed by atoms with Gasteiger partial charge in [0.05, 0.1) is 19.2 Å². The molecule has 5 nitrogen and oxygen atoms in total. The molecule has 2 rings (SSSR count). The van der Waals surface area contributed by atoms with Crippen LogP contribution in [0.1, 0.15) is 0 Å². The highest BCUT2D eigenvalue weighted by atomic mass is 32.7. The van der Waals surface area contributed by atoms with E-state index in [1.165, 1.54) is 6.66 Å². The molecule has 5 atom stereocenters. The Hall–Kier alpha value is 0.485. The Labute approximate surface area is 101 Å². The molecule has 0 spiro atoms. The summed E-state index contributed by atoms with van der Waals surface area (Å²) in [5.74, 6) is 0. The van der Waals surface area contributed by atoms with Crippen molar-refractivity contribution in [2.45, 2.75) is 23.8 Å². The largest absolute Gasteiger partial charge is 0.381 e. The first-order chi connectivity index (χ1) is 7.38. The fourth-order valence-corrected chi connectivity index (χ4v) is 3.43. The lowest BCUT2D eigenvalue weighted by atomic mass is 9.92. The van der Waals surface area contributed by atoms with Gasteiger partial charge in [-0.2, -0.15) is 0 Å². The minimum atomic E-state index is -2.86. The van der Waals surface area contributed by atoms with Crippen molar-refractivity contribution in [3.8, 4) is 0 Å². The van der Waals surface area contributed by atoms with Crippen LogP contribution in [0.15, 0.2) is 0 Å². The topological polar surface area (TPSA) is 54.0 Å². The van der Waals surface area contributed by atoms with E-state index in [2.05, 4.69) is 12.2 Å². The average molecular weight is 266 g/mol. The van der Waals surface area contributed by atoms with Gasteiger partial charge in [0.2, 0.25) is 0 Å². The molecule has 0 amide bonds. The summed E-state index contributed by atoms with van der Waals surface area (Å²) in [5.41, 5.74) is -0.632. The van der Waals surface area contributed by atoms with Crippen molar-refractivity contribution >= 4 is 26.7 Å². The van der Waals surface area contributed by atoms with Gasteiger partial charge in [0.1, 0.15) is 25.7 Å². The van der Waals surface area contributed by atoms with E-state index in [4.69, 9.17) is 18.7 Å². The van der Waals surface area contributed by atoms with E-state index >= 15 is 0 Å². The molecule has 0 N–H and O–H groups in total. The second-order valence-corrected chi connectivity index (χ2v) is 8.42. The van der Waals surface area contributed by atoms with E-state index in [1.54, 1.807) is 7.11 Å². The molecule has 0 aromatic carbocycles. The Morgan fingerprint density at radius 1 is 1.69 bits per heavy atom. The molecule has 2 bridgehead atoms. The van der Waals surface area contributed by atoms with Crippen LogP contribution < -0.4 is 0 Å². The summed E-state index contributed by atoms with van der Waals surface area (Å²) in [5, 5.41) is 0. The minimum Gasteiger partial charge on any atom is -0.381 e. The van der Waals surface area contributed by atoms with Crippen LogP contribution in [0.5, 0.6) is 0 Å². The first-order valence-electron chi connectivity index (χ1n) is 5.15. The SMILES string of the molecule is B[C@@H]1OC2(COC)CO[C@H]1[C@@H]2OP(C)(=O)S. The Morgan fingerprint density at radius 2 is 2.38 bits per heavy atom. The van der Waals surface area contributed by atoms with Gasteiger partial charge in [0.15, 0.2) is 0 Å². The number of hydrogen-bond acceptors (Lipinski definition) is 5. The highest BCUT2D eigenvalue weighted by Gasteiger charge is 2.61. The summed E-state index contributed by atoms with van der Waals surface area (Å²) < 4.78 is 33.7. The zero-order valence-electron chi connectivity index (χ0n) is 9.58. The molecule has 2 fully saturated rings. The molecule has 92 valence electrons. The van der Waals surface area contributed by atoms with Crippen molar-refractivity contribution in [1.29, 1.82) is 0 Å². The fraction of sp³-hybridized carbons (Fsp3) is 1.00. The number of ether oxygens (including phenoxy) is 3. The Balaban J connectivity index is 2.19. The molecule has 2 heterocycles. The molecule has 0 aromatic heterocycles. The molecular formula is C8H16BO5PS. The number of fused-ring (bicyclic) bond motifs is 2. The van der Waals surface area contributed by atoms with E-state index in [9.17, 15) is 4.57 Å². The Morgan fingerprint density at radius 3 is 2.88 bits per heavy atom. The molecule has 0 saturated carbocycles. The quantitative estimate of drug-likeness (QED) is 0.437. The predicted molar refractivity (Wildman–Crippen MR) is 65.2 cm³/mol. The predicted octanol–water partition coefficient (Wildman–Crippen LogP) is -0.102. The number of hydrogen-bond donors (Lipinski definition) is 1. The van der Waals surface area contributed by atoms with Crippen molar-refractivity contribution in [1.82, 2.24) is 0 Å². The third kappa shape index (κ3) is 2.21. The molecule has 2 aliphatic heterocycles. The van der Waals surface area contributed by atoms with Crippen LogP contribution in [0.4, 0.5) is 0 Å². The third-order valence-corrected chi connectivity index (χ3v) is 3.82. The fourth-order valence-electron chi connectivity index (χ4n) is 2.40. The smallest absolute Gasteiger partial charge is 0.252 e. The van der Waals surface area contributed by atoms with Gasteiger partial charge in [-0.25, -0.2) is 0 Å². The zero-order chi connectivity index (χ0) is 12.0. The van der Waals surface area contributed by atoms with Crippen LogP contribution in [-0.4, -0.2) is 58.6 Å². The lowest BCUT2D eigenvalue weighted by molar-refractivity contribution is -0.140. The number of methoxy groups -OCH3 is 1. The molecule has 0 aliphatic carbocycles. The van der Waals surface area contributed by atoms with Gasteiger partial charge in [-0.05, 0) is 0 Å². The maximum atomic E-state index is 11.6. The minimum absolute atomic E-state index is 0.0752. The van der Waals surface area contributed by atoms with E-state index < -0.39 is 12.2 Å². The summed E-state index contributed by atoms with van der Waals surface area (Å²) in [6.07, 6.45) is -0.550. The Bertz CT molecular complexity index is 324. The van der Waals surface area contributed by atoms with Gasteiger partial charge in [-0.1, -0.05) is 12.2 Å². The third-order valence-electron chi connectivity index (χ3n) is 2.92. The maximum Gasteiger partial charge on any atom is 0.252 e. The van der Waals surface area contributed by atoms with E-state index in [0.29, 0.717) is 13.2 Å². The van der Waals surface area contributed by atoms with Crippen LogP contribution in [0.2, 0.25) is 0 Å². The standard InChI is InChI=1S/C8H16BO5PS/c1-11-3-8-4-12-5(7(9)13-8)6(8)14-15(2,10)16/h5-7H,3-4,9H2,1-2H3,(H,10,16)/t5-,6-,7+,8?,15?/m0/s1. The summed E-state index contributed by atoms with van der Waals surface area (Å²) in [7, 11) is 3.51. The molecule has 0 radical (unpaired) electrons. The van der Waals surface area contributed by atoms with Crippen molar-refractivity contribution in [3.05, 3.63) is 0 Å². The summed E-state index contributed by atoms with van der Waals surface area (Å²) in [6, 6.07) is -0.0752. The van der Waals surface area contributed by atoms with Gasteiger partial charge >= 0.3 is 0 Å². The van der Waals surface area contributed by atoms with Gasteiger partial charge in [-0.15, -0.1) is 0 Å². The summed E-state index contributed by atoms with van der Waals surface area (Å²) in [4.78, 5) is 0. The first-order valence-corrected chi connectivity index (χ1v) is 8.37. The van der Waals surface area contributed by atoms with Crippen LogP contribution in [0.25, 0.3) is 0 Å². The molecule has 0 aromatic rings. The normalized spacial score (nSPS) is 45.8. The molecule has 8 heteroatoms. The van der Waals surface area contributed by atoms with Gasteiger partial charge < -0.3 is 18.7 Å².